The third kappa shape index (κ3) is 1.43. The van der Waals surface area contributed by atoms with Crippen molar-refractivity contribution in [2.45, 2.75) is 0 Å². The summed E-state index contributed by atoms with van der Waals surface area (Å²) in [7, 11) is 0. The molecule has 0 spiro atoms. The maximum absolute atomic E-state index is 2.24. The fraction of sp³-hybridized carbons (Fsp3) is 0.500. The van der Waals surface area contributed by atoms with Gasteiger partial charge in [-0.3, -0.25) is 0 Å². The van der Waals surface area contributed by atoms with Gasteiger partial charge in [0.15, 0.2) is 0 Å². The Labute approximate surface area is 47.1 Å². The highest BCUT2D eigenvalue weighted by atomic mass is 32.2. The lowest BCUT2D eigenvalue weighted by molar-refractivity contribution is 1.64. The van der Waals surface area contributed by atoms with Crippen LogP contribution in [-0.4, -0.2) is 11.5 Å². The molecule has 0 aromatic heterocycles. The van der Waals surface area contributed by atoms with Crippen LogP contribution in [0.3, 0.4) is 0 Å². The maximum Gasteiger partial charge on any atom is 0.0265 e. The second kappa shape index (κ2) is 2.80. The topological polar surface area (TPSA) is 0 Å². The predicted octanol–water partition coefficient (Wildman–Crippen LogP) is 1.79. The molecule has 0 aromatic carbocycles. The molecule has 0 atom stereocenters. The highest BCUT2D eigenvalue weighted by Crippen LogP contribution is 2.22. The van der Waals surface area contributed by atoms with E-state index in [1.807, 2.05) is 23.5 Å². The van der Waals surface area contributed by atoms with Crippen molar-refractivity contribution >= 4 is 23.5 Å². The van der Waals surface area contributed by atoms with Crippen molar-refractivity contribution in [3.8, 4) is 0 Å². The minimum Gasteiger partial charge on any atom is -0.155 e. The van der Waals surface area contributed by atoms with Crippen LogP contribution in [0.4, 0.5) is 0 Å². The zero-order chi connectivity index (χ0) is 4.24. The van der Waals surface area contributed by atoms with E-state index in [2.05, 4.69) is 11.5 Å². The molecular weight excluding hydrogens is 112 g/mol. The molecule has 0 amide bonds. The summed E-state index contributed by atoms with van der Waals surface area (Å²) >= 11 is 3.79. The molecule has 1 fully saturated rings. The SMILES string of the molecule is [CH]1CS[CH]CS1. The lowest BCUT2D eigenvalue weighted by atomic mass is 10.9. The quantitative estimate of drug-likeness (QED) is 0.475. The zero-order valence-corrected chi connectivity index (χ0v) is 5.02. The van der Waals surface area contributed by atoms with Gasteiger partial charge in [0, 0.05) is 23.0 Å². The van der Waals surface area contributed by atoms with Gasteiger partial charge in [-0.05, 0) is 0 Å². The Balaban J connectivity index is 2.00. The van der Waals surface area contributed by atoms with Crippen LogP contribution in [0.25, 0.3) is 0 Å². The van der Waals surface area contributed by atoms with E-state index in [1.165, 1.54) is 11.5 Å². The Morgan fingerprint density at radius 3 is 1.67 bits per heavy atom. The van der Waals surface area contributed by atoms with Crippen LogP contribution in [0.2, 0.25) is 0 Å². The van der Waals surface area contributed by atoms with E-state index in [-0.39, 0.29) is 0 Å². The van der Waals surface area contributed by atoms with E-state index in [0.29, 0.717) is 0 Å². The van der Waals surface area contributed by atoms with Gasteiger partial charge in [0.2, 0.25) is 0 Å². The molecule has 1 rings (SSSR count). The van der Waals surface area contributed by atoms with E-state index in [1.54, 1.807) is 0 Å². The Bertz CT molecular complexity index is 21.0. The van der Waals surface area contributed by atoms with Crippen LogP contribution >= 0.6 is 23.5 Å². The molecule has 6 heavy (non-hydrogen) atoms. The molecule has 1 saturated heterocycles. The van der Waals surface area contributed by atoms with Gasteiger partial charge in [0.05, 0.1) is 0 Å². The van der Waals surface area contributed by atoms with Gasteiger partial charge < -0.3 is 0 Å². The van der Waals surface area contributed by atoms with Crippen molar-refractivity contribution in [1.82, 2.24) is 0 Å². The van der Waals surface area contributed by atoms with Crippen LogP contribution in [0.1, 0.15) is 0 Å². The van der Waals surface area contributed by atoms with Crippen LogP contribution in [-0.2, 0) is 0 Å². The molecule has 0 unspecified atom stereocenters. The Hall–Kier alpha value is 0.700. The largest absolute Gasteiger partial charge is 0.155 e. The number of thioether (sulfide) groups is 2. The standard InChI is InChI=1S/C4H6S2/c1-2-6-4-3-5-1/h1,4H,2-3H2. The summed E-state index contributed by atoms with van der Waals surface area (Å²) in [5.74, 6) is 6.88. The Morgan fingerprint density at radius 2 is 1.50 bits per heavy atom. The average Bonchev–Trinajstić information content (AvgIpc) is 1.72. The monoisotopic (exact) mass is 118 g/mol. The number of hydrogen-bond acceptors (Lipinski definition) is 2. The zero-order valence-electron chi connectivity index (χ0n) is 3.39. The van der Waals surface area contributed by atoms with E-state index in [9.17, 15) is 0 Å². The Morgan fingerprint density at radius 1 is 1.00 bits per heavy atom. The highest BCUT2D eigenvalue weighted by Gasteiger charge is 1.96. The summed E-state index contributed by atoms with van der Waals surface area (Å²) in [6.45, 7) is 0. The first-order valence-corrected chi connectivity index (χ1v) is 3.96. The van der Waals surface area contributed by atoms with Crippen molar-refractivity contribution in [3.63, 3.8) is 0 Å². The molecule has 2 heteroatoms. The van der Waals surface area contributed by atoms with Gasteiger partial charge >= 0.3 is 0 Å². The molecule has 1 aliphatic rings. The molecule has 0 bridgehead atoms. The van der Waals surface area contributed by atoms with Crippen molar-refractivity contribution in [2.24, 2.45) is 0 Å². The normalized spacial score (nSPS) is 24.0. The van der Waals surface area contributed by atoms with E-state index < -0.39 is 0 Å². The first-order valence-electron chi connectivity index (χ1n) is 1.87. The minimum absolute atomic E-state index is 1.20. The molecule has 34 valence electrons. The summed E-state index contributed by atoms with van der Waals surface area (Å²) in [5.41, 5.74) is 0. The van der Waals surface area contributed by atoms with Gasteiger partial charge in [-0.2, -0.15) is 23.5 Å². The van der Waals surface area contributed by atoms with Crippen LogP contribution in [0.5, 0.6) is 0 Å². The fourth-order valence-electron chi connectivity index (χ4n) is 0.311. The van der Waals surface area contributed by atoms with Crippen molar-refractivity contribution in [3.05, 3.63) is 11.5 Å². The first kappa shape index (κ1) is 4.85. The average molecular weight is 118 g/mol. The predicted molar refractivity (Wildman–Crippen MR) is 33.5 cm³/mol. The van der Waals surface area contributed by atoms with Gasteiger partial charge in [-0.15, -0.1) is 0 Å². The second-order valence-electron chi connectivity index (χ2n) is 1.00. The van der Waals surface area contributed by atoms with Crippen LogP contribution in [0.15, 0.2) is 0 Å². The summed E-state index contributed by atoms with van der Waals surface area (Å²) in [4.78, 5) is 0. The van der Waals surface area contributed by atoms with Gasteiger partial charge in [-0.1, -0.05) is 0 Å². The number of rotatable bonds is 0. The summed E-state index contributed by atoms with van der Waals surface area (Å²) in [5, 5.41) is 0. The lowest BCUT2D eigenvalue weighted by Gasteiger charge is -2.04. The van der Waals surface area contributed by atoms with Crippen molar-refractivity contribution < 1.29 is 0 Å². The molecule has 0 saturated carbocycles. The fourth-order valence-corrected chi connectivity index (χ4v) is 1.98. The van der Waals surface area contributed by atoms with Crippen molar-refractivity contribution in [2.75, 3.05) is 11.5 Å². The number of hydrogen-bond donors (Lipinski definition) is 0. The molecular formula is C4H6S2. The lowest BCUT2D eigenvalue weighted by Crippen LogP contribution is -1.86. The molecule has 1 heterocycles. The van der Waals surface area contributed by atoms with Gasteiger partial charge in [0.1, 0.15) is 0 Å². The smallest absolute Gasteiger partial charge is 0.0265 e. The molecule has 0 nitrogen and oxygen atoms in total. The van der Waals surface area contributed by atoms with E-state index in [4.69, 9.17) is 0 Å². The first-order chi connectivity index (χ1) is 3.00. The molecule has 0 aromatic rings. The third-order valence-electron chi connectivity index (χ3n) is 0.564. The van der Waals surface area contributed by atoms with Crippen molar-refractivity contribution in [1.29, 1.82) is 0 Å². The van der Waals surface area contributed by atoms with Gasteiger partial charge in [0.25, 0.3) is 0 Å². The van der Waals surface area contributed by atoms with Crippen LogP contribution < -0.4 is 0 Å². The second-order valence-corrected chi connectivity index (χ2v) is 3.00. The Kier molecular flexibility index (Phi) is 2.27. The van der Waals surface area contributed by atoms with E-state index in [0.717, 1.165) is 0 Å². The molecule has 0 N–H and O–H groups in total. The molecule has 2 radical (unpaired) electrons. The third-order valence-corrected chi connectivity index (χ3v) is 2.51. The highest BCUT2D eigenvalue weighted by molar-refractivity contribution is 8.08. The maximum atomic E-state index is 2.24. The van der Waals surface area contributed by atoms with E-state index >= 15 is 0 Å². The van der Waals surface area contributed by atoms with Gasteiger partial charge in [-0.25, -0.2) is 0 Å². The summed E-state index contributed by atoms with van der Waals surface area (Å²) in [6.07, 6.45) is 0. The minimum atomic E-state index is 1.20. The molecule has 0 aliphatic carbocycles. The van der Waals surface area contributed by atoms with Crippen LogP contribution in [0, 0.1) is 11.5 Å². The molecule has 1 aliphatic heterocycles. The summed E-state index contributed by atoms with van der Waals surface area (Å²) in [6, 6.07) is 0. The summed E-state index contributed by atoms with van der Waals surface area (Å²) < 4.78 is 0.